The van der Waals surface area contributed by atoms with Crippen LogP contribution in [0, 0.1) is 13.8 Å². The lowest BCUT2D eigenvalue weighted by Crippen LogP contribution is -2.39. The van der Waals surface area contributed by atoms with Crippen molar-refractivity contribution in [1.82, 2.24) is 19.7 Å². The number of esters is 1. The van der Waals surface area contributed by atoms with E-state index >= 15 is 0 Å². The van der Waals surface area contributed by atoms with Gasteiger partial charge in [0, 0.05) is 50.2 Å². The first-order valence-corrected chi connectivity index (χ1v) is 10.9. The topological polar surface area (TPSA) is 66.8 Å². The second-order valence-electron chi connectivity index (χ2n) is 8.24. The third kappa shape index (κ3) is 5.74. The molecule has 0 saturated carbocycles. The van der Waals surface area contributed by atoms with Gasteiger partial charge in [0.25, 0.3) is 0 Å². The number of benzene rings is 1. The first kappa shape index (κ1) is 23.0. The van der Waals surface area contributed by atoms with Crippen LogP contribution in [0.2, 0.25) is 0 Å². The van der Waals surface area contributed by atoms with Crippen LogP contribution in [0.4, 0.5) is 0 Å². The highest BCUT2D eigenvalue weighted by molar-refractivity contribution is 5.93. The molecule has 1 fully saturated rings. The number of hydrogen-bond acceptors (Lipinski definition) is 5. The largest absolute Gasteiger partial charge is 0.465 e. The van der Waals surface area contributed by atoms with E-state index in [9.17, 15) is 9.59 Å². The van der Waals surface area contributed by atoms with E-state index in [1.807, 2.05) is 44.3 Å². The van der Waals surface area contributed by atoms with Gasteiger partial charge in [-0.2, -0.15) is 0 Å². The van der Waals surface area contributed by atoms with Crippen LogP contribution < -0.4 is 5.32 Å². The lowest BCUT2D eigenvalue weighted by atomic mass is 10.1. The summed E-state index contributed by atoms with van der Waals surface area (Å²) in [6.45, 7) is 9.22. The summed E-state index contributed by atoms with van der Waals surface area (Å²) in [7, 11) is 3.42. The molecule has 3 rings (SSSR count). The average molecular weight is 427 g/mol. The first-order chi connectivity index (χ1) is 14.9. The van der Waals surface area contributed by atoms with E-state index in [0.29, 0.717) is 25.2 Å². The monoisotopic (exact) mass is 426 g/mol. The van der Waals surface area contributed by atoms with Crippen LogP contribution >= 0.6 is 0 Å². The van der Waals surface area contributed by atoms with E-state index in [2.05, 4.69) is 26.6 Å². The molecular weight excluding hydrogens is 392 g/mol. The third-order valence-electron chi connectivity index (χ3n) is 6.26. The van der Waals surface area contributed by atoms with Crippen molar-refractivity contribution < 1.29 is 14.3 Å². The zero-order valence-electron chi connectivity index (χ0n) is 19.1. The predicted octanol–water partition coefficient (Wildman–Crippen LogP) is 2.25. The van der Waals surface area contributed by atoms with Crippen LogP contribution in [0.15, 0.2) is 30.3 Å². The standard InChI is InChI=1S/C24H34N4O3/c1-18-21(23(24(30)31-4)19(2)26(18)3)16-27-11-8-12-28(14-13-27)17-22(29)25-15-20-9-6-5-7-10-20/h5-7,9-10H,8,11-17H2,1-4H3,(H,25,29). The molecule has 1 aromatic heterocycles. The van der Waals surface area contributed by atoms with Gasteiger partial charge in [-0.1, -0.05) is 30.3 Å². The van der Waals surface area contributed by atoms with Gasteiger partial charge in [0.05, 0.1) is 19.2 Å². The Morgan fingerprint density at radius 1 is 1.00 bits per heavy atom. The molecule has 1 N–H and O–H groups in total. The first-order valence-electron chi connectivity index (χ1n) is 10.9. The number of nitrogens with zero attached hydrogens (tertiary/aromatic N) is 3. The molecule has 0 aliphatic carbocycles. The van der Waals surface area contributed by atoms with Crippen molar-refractivity contribution >= 4 is 11.9 Å². The Kier molecular flexibility index (Phi) is 7.87. The summed E-state index contributed by atoms with van der Waals surface area (Å²) in [6.07, 6.45) is 0.990. The maximum atomic E-state index is 12.4. The molecule has 1 saturated heterocycles. The van der Waals surface area contributed by atoms with E-state index in [1.54, 1.807) is 0 Å². The van der Waals surface area contributed by atoms with Gasteiger partial charge in [-0.25, -0.2) is 4.79 Å². The van der Waals surface area contributed by atoms with Gasteiger partial charge < -0.3 is 14.6 Å². The number of amides is 1. The SMILES string of the molecule is COC(=O)c1c(CN2CCCN(CC(=O)NCc3ccccc3)CC2)c(C)n(C)c1C. The van der Waals surface area contributed by atoms with E-state index in [0.717, 1.165) is 55.1 Å². The molecule has 7 heteroatoms. The molecule has 2 heterocycles. The quantitative estimate of drug-likeness (QED) is 0.688. The number of aromatic nitrogens is 1. The van der Waals surface area contributed by atoms with Gasteiger partial charge in [0.15, 0.2) is 0 Å². The molecule has 0 bridgehead atoms. The maximum absolute atomic E-state index is 12.4. The zero-order valence-corrected chi connectivity index (χ0v) is 19.1. The fourth-order valence-electron chi connectivity index (χ4n) is 4.21. The van der Waals surface area contributed by atoms with Crippen LogP contribution in [-0.4, -0.2) is 66.1 Å². The second-order valence-corrected chi connectivity index (χ2v) is 8.24. The molecule has 0 radical (unpaired) electrons. The van der Waals surface area contributed by atoms with E-state index in [4.69, 9.17) is 4.74 Å². The Bertz CT molecular complexity index is 907. The number of methoxy groups -OCH3 is 1. The van der Waals surface area contributed by atoms with Crippen LogP contribution in [0.5, 0.6) is 0 Å². The molecule has 2 aromatic rings. The summed E-state index contributed by atoms with van der Waals surface area (Å²) in [5.74, 6) is -0.220. The number of carbonyl (C=O) groups is 2. The normalized spacial score (nSPS) is 15.5. The van der Waals surface area contributed by atoms with Gasteiger partial charge in [0.2, 0.25) is 5.91 Å². The molecule has 7 nitrogen and oxygen atoms in total. The minimum absolute atomic E-state index is 0.0554. The third-order valence-corrected chi connectivity index (χ3v) is 6.26. The van der Waals surface area contributed by atoms with E-state index in [-0.39, 0.29) is 11.9 Å². The van der Waals surface area contributed by atoms with Crippen molar-refractivity contribution in [2.45, 2.75) is 33.4 Å². The molecule has 31 heavy (non-hydrogen) atoms. The summed E-state index contributed by atoms with van der Waals surface area (Å²) < 4.78 is 7.09. The summed E-state index contributed by atoms with van der Waals surface area (Å²) in [5, 5.41) is 3.01. The predicted molar refractivity (Wildman–Crippen MR) is 121 cm³/mol. The van der Waals surface area contributed by atoms with Crippen molar-refractivity contribution in [1.29, 1.82) is 0 Å². The summed E-state index contributed by atoms with van der Waals surface area (Å²) >= 11 is 0. The molecular formula is C24H34N4O3. The number of carbonyl (C=O) groups excluding carboxylic acids is 2. The lowest BCUT2D eigenvalue weighted by Gasteiger charge is -2.22. The molecule has 1 aliphatic heterocycles. The Morgan fingerprint density at radius 2 is 1.68 bits per heavy atom. The molecule has 168 valence electrons. The summed E-state index contributed by atoms with van der Waals surface area (Å²) in [5.41, 5.74) is 4.86. The number of hydrogen-bond donors (Lipinski definition) is 1. The molecule has 1 amide bonds. The van der Waals surface area contributed by atoms with Crippen molar-refractivity contribution in [2.24, 2.45) is 7.05 Å². The molecule has 0 spiro atoms. The van der Waals surface area contributed by atoms with Gasteiger partial charge >= 0.3 is 5.97 Å². The Morgan fingerprint density at radius 3 is 2.39 bits per heavy atom. The summed E-state index contributed by atoms with van der Waals surface area (Å²) in [6, 6.07) is 9.96. The van der Waals surface area contributed by atoms with Gasteiger partial charge in [0.1, 0.15) is 0 Å². The van der Waals surface area contributed by atoms with Crippen molar-refractivity contribution in [2.75, 3.05) is 39.8 Å². The number of nitrogens with one attached hydrogen (secondary N) is 1. The smallest absolute Gasteiger partial charge is 0.340 e. The molecule has 0 atom stereocenters. The highest BCUT2D eigenvalue weighted by Gasteiger charge is 2.25. The fraction of sp³-hybridized carbons (Fsp3) is 0.500. The maximum Gasteiger partial charge on any atom is 0.340 e. The Labute approximate surface area is 185 Å². The van der Waals surface area contributed by atoms with Crippen molar-refractivity contribution in [3.8, 4) is 0 Å². The van der Waals surface area contributed by atoms with Crippen LogP contribution in [-0.2, 0) is 29.7 Å². The van der Waals surface area contributed by atoms with Gasteiger partial charge in [-0.3, -0.25) is 14.6 Å². The Hall–Kier alpha value is -2.64. The van der Waals surface area contributed by atoms with Gasteiger partial charge in [-0.05, 0) is 38.9 Å². The zero-order chi connectivity index (χ0) is 22.4. The van der Waals surface area contributed by atoms with Crippen LogP contribution in [0.1, 0.15) is 39.3 Å². The second kappa shape index (κ2) is 10.6. The van der Waals surface area contributed by atoms with Crippen molar-refractivity contribution in [3.05, 3.63) is 58.4 Å². The fourth-order valence-corrected chi connectivity index (χ4v) is 4.21. The van der Waals surface area contributed by atoms with E-state index < -0.39 is 0 Å². The van der Waals surface area contributed by atoms with Crippen LogP contribution in [0.25, 0.3) is 0 Å². The highest BCUT2D eigenvalue weighted by atomic mass is 16.5. The minimum Gasteiger partial charge on any atom is -0.465 e. The Balaban J connectivity index is 1.55. The van der Waals surface area contributed by atoms with Crippen LogP contribution in [0.3, 0.4) is 0 Å². The number of rotatable bonds is 7. The minimum atomic E-state index is -0.275. The molecule has 0 unspecified atom stereocenters. The number of ether oxygens (including phenoxy) is 1. The average Bonchev–Trinajstić information content (AvgIpc) is 2.93. The van der Waals surface area contributed by atoms with Crippen molar-refractivity contribution in [3.63, 3.8) is 0 Å². The molecule has 1 aliphatic rings. The van der Waals surface area contributed by atoms with Gasteiger partial charge in [-0.15, -0.1) is 0 Å². The highest BCUT2D eigenvalue weighted by Crippen LogP contribution is 2.24. The van der Waals surface area contributed by atoms with E-state index in [1.165, 1.54) is 7.11 Å². The summed E-state index contributed by atoms with van der Waals surface area (Å²) in [4.78, 5) is 29.3. The lowest BCUT2D eigenvalue weighted by molar-refractivity contribution is -0.122. The molecule has 1 aromatic carbocycles.